The Morgan fingerprint density at radius 2 is 1.62 bits per heavy atom. The van der Waals surface area contributed by atoms with E-state index in [2.05, 4.69) is 10.3 Å². The zero-order chi connectivity index (χ0) is 37.8. The van der Waals surface area contributed by atoms with Gasteiger partial charge in [0.15, 0.2) is 23.2 Å². The smallest absolute Gasteiger partial charge is 0.332 e. The number of rotatable bonds is 12. The molecule has 274 valence electrons. The second-order valence-electron chi connectivity index (χ2n) is 12.7. The molecular weight excluding hydrogens is 656 g/mol. The number of esters is 3. The number of pyridine rings is 1. The molecule has 1 aromatic carbocycles. The third kappa shape index (κ3) is 11.2. The first-order chi connectivity index (χ1) is 23.4. The van der Waals surface area contributed by atoms with Crippen LogP contribution in [0.15, 0.2) is 42.6 Å². The minimum Gasteiger partial charge on any atom is -0.493 e. The van der Waals surface area contributed by atoms with Crippen molar-refractivity contribution in [3.05, 3.63) is 53.9 Å². The first kappa shape index (κ1) is 41.0. The standard InChI is InChI=1S/C31H38N2O11.C4H8O2/c1-17(2)27(35)43-16-42-25-22(40-6)12-13-32-24(25)26(34)33-21-15-41-28(36)20(14-19-10-8-7-9-11-19)23(18(3)44-29(21)37)31(4,5)30(38)39;1-3(2)4(5)6/h7-13,17-18,20-21,23H,14-16H2,1-6H3,(H,33,34)(H,38,39);3H,1-2H3,(H,5,6)/t18-,20+,21-,23+;/m0./s1. The molecule has 2 heterocycles. The summed E-state index contributed by atoms with van der Waals surface area (Å²) in [5.41, 5.74) is -1.04. The van der Waals surface area contributed by atoms with E-state index in [1.54, 1.807) is 52.0 Å². The van der Waals surface area contributed by atoms with Gasteiger partial charge in [-0.1, -0.05) is 58.0 Å². The molecule has 1 aromatic heterocycles. The SMILES string of the molecule is CC(C)C(=O)O.COc1ccnc(C(=O)N[C@H]2COC(=O)[C@H](Cc3ccccc3)[C@H](C(C)(C)C(=O)O)[C@H](C)OC2=O)c1OCOC(=O)C(C)C. The third-order valence-corrected chi connectivity index (χ3v) is 7.88. The largest absolute Gasteiger partial charge is 0.493 e. The number of nitrogens with one attached hydrogen (secondary N) is 1. The summed E-state index contributed by atoms with van der Waals surface area (Å²) in [6.45, 7) is 9.87. The van der Waals surface area contributed by atoms with Crippen molar-refractivity contribution in [2.24, 2.45) is 29.1 Å². The molecule has 3 rings (SSSR count). The van der Waals surface area contributed by atoms with E-state index in [1.165, 1.54) is 40.1 Å². The maximum absolute atomic E-state index is 13.5. The van der Waals surface area contributed by atoms with Gasteiger partial charge in [0.25, 0.3) is 5.91 Å². The maximum atomic E-state index is 13.5. The lowest BCUT2D eigenvalue weighted by Gasteiger charge is -2.38. The molecule has 0 unspecified atom stereocenters. The van der Waals surface area contributed by atoms with Crippen molar-refractivity contribution in [1.29, 1.82) is 0 Å². The van der Waals surface area contributed by atoms with Crippen LogP contribution in [0.2, 0.25) is 0 Å². The first-order valence-corrected chi connectivity index (χ1v) is 15.9. The van der Waals surface area contributed by atoms with Gasteiger partial charge in [0, 0.05) is 18.2 Å². The molecule has 1 amide bonds. The molecule has 2 aromatic rings. The molecule has 0 spiro atoms. The number of methoxy groups -OCH3 is 1. The molecule has 3 N–H and O–H groups in total. The van der Waals surface area contributed by atoms with Crippen LogP contribution in [0.3, 0.4) is 0 Å². The second kappa shape index (κ2) is 18.5. The lowest BCUT2D eigenvalue weighted by molar-refractivity contribution is -0.168. The highest BCUT2D eigenvalue weighted by Gasteiger charge is 2.50. The molecule has 0 bridgehead atoms. The topological polar surface area (TPSA) is 214 Å². The second-order valence-corrected chi connectivity index (χ2v) is 12.7. The van der Waals surface area contributed by atoms with Gasteiger partial charge in [0.05, 0.1) is 30.3 Å². The quantitative estimate of drug-likeness (QED) is 0.164. The van der Waals surface area contributed by atoms with Crippen LogP contribution in [0.1, 0.15) is 64.5 Å². The molecular formula is C35H46N2O13. The van der Waals surface area contributed by atoms with Crippen LogP contribution in [0, 0.1) is 29.1 Å². The van der Waals surface area contributed by atoms with E-state index < -0.39 is 84.5 Å². The van der Waals surface area contributed by atoms with Crippen LogP contribution in [-0.2, 0) is 44.6 Å². The van der Waals surface area contributed by atoms with Gasteiger partial charge in [-0.3, -0.25) is 24.0 Å². The van der Waals surface area contributed by atoms with Gasteiger partial charge in [-0.15, -0.1) is 0 Å². The highest BCUT2D eigenvalue weighted by Crippen LogP contribution is 2.40. The van der Waals surface area contributed by atoms with E-state index in [9.17, 15) is 33.9 Å². The van der Waals surface area contributed by atoms with Crippen LogP contribution in [0.5, 0.6) is 11.5 Å². The Kier molecular flexibility index (Phi) is 15.2. The van der Waals surface area contributed by atoms with Gasteiger partial charge < -0.3 is 39.2 Å². The van der Waals surface area contributed by atoms with Gasteiger partial charge in [0.1, 0.15) is 12.7 Å². The fourth-order valence-corrected chi connectivity index (χ4v) is 5.00. The Labute approximate surface area is 290 Å². The predicted molar refractivity (Wildman–Crippen MR) is 176 cm³/mol. The Morgan fingerprint density at radius 3 is 2.16 bits per heavy atom. The van der Waals surface area contributed by atoms with Crippen molar-refractivity contribution in [3.63, 3.8) is 0 Å². The van der Waals surface area contributed by atoms with Crippen LogP contribution in [-0.4, -0.2) is 83.6 Å². The van der Waals surface area contributed by atoms with E-state index in [0.29, 0.717) is 0 Å². The Bertz CT molecular complexity index is 1510. The van der Waals surface area contributed by atoms with E-state index in [0.717, 1.165) is 5.56 Å². The highest BCUT2D eigenvalue weighted by molar-refractivity contribution is 5.98. The molecule has 1 aliphatic heterocycles. The van der Waals surface area contributed by atoms with Crippen LogP contribution in [0.25, 0.3) is 0 Å². The van der Waals surface area contributed by atoms with Crippen molar-refractivity contribution in [3.8, 4) is 11.5 Å². The van der Waals surface area contributed by atoms with Crippen molar-refractivity contribution < 1.29 is 62.7 Å². The Balaban J connectivity index is 0.00000132. The lowest BCUT2D eigenvalue weighted by atomic mass is 9.67. The molecule has 4 atom stereocenters. The average Bonchev–Trinajstić information content (AvgIpc) is 3.09. The van der Waals surface area contributed by atoms with Crippen molar-refractivity contribution >= 4 is 35.8 Å². The van der Waals surface area contributed by atoms with E-state index in [1.807, 2.05) is 6.07 Å². The van der Waals surface area contributed by atoms with Crippen LogP contribution < -0.4 is 14.8 Å². The Hall–Kier alpha value is -5.21. The molecule has 50 heavy (non-hydrogen) atoms. The molecule has 0 radical (unpaired) electrons. The summed E-state index contributed by atoms with van der Waals surface area (Å²) in [4.78, 5) is 78.1. The molecule has 1 aliphatic rings. The normalized spacial score (nSPS) is 19.3. The Morgan fingerprint density at radius 1 is 1.00 bits per heavy atom. The van der Waals surface area contributed by atoms with Gasteiger partial charge in [-0.25, -0.2) is 9.78 Å². The van der Waals surface area contributed by atoms with Gasteiger partial charge in [-0.2, -0.15) is 0 Å². The predicted octanol–water partition coefficient (Wildman–Crippen LogP) is 3.53. The molecule has 1 saturated heterocycles. The number of hydrogen-bond donors (Lipinski definition) is 3. The summed E-state index contributed by atoms with van der Waals surface area (Å²) in [5.74, 6) is -7.72. The number of cyclic esters (lactones) is 2. The summed E-state index contributed by atoms with van der Waals surface area (Å²) in [6.07, 6.45) is 0.351. The highest BCUT2D eigenvalue weighted by atomic mass is 16.7. The summed E-state index contributed by atoms with van der Waals surface area (Å²) in [7, 11) is 1.33. The maximum Gasteiger partial charge on any atom is 0.332 e. The number of aliphatic carboxylic acids is 2. The van der Waals surface area contributed by atoms with Crippen LogP contribution in [0.4, 0.5) is 0 Å². The number of carboxylic acid groups (broad SMARTS) is 2. The number of hydrogen-bond acceptors (Lipinski definition) is 12. The number of carbonyl (C=O) groups is 6. The first-order valence-electron chi connectivity index (χ1n) is 15.9. The number of amides is 1. The fourth-order valence-electron chi connectivity index (χ4n) is 5.00. The number of carboxylic acids is 2. The molecule has 1 fully saturated rings. The van der Waals surface area contributed by atoms with E-state index >= 15 is 0 Å². The number of ether oxygens (including phenoxy) is 5. The monoisotopic (exact) mass is 702 g/mol. The molecule has 0 saturated carbocycles. The van der Waals surface area contributed by atoms with E-state index in [-0.39, 0.29) is 29.5 Å². The molecule has 15 nitrogen and oxygen atoms in total. The minimum absolute atomic E-state index is 0.102. The number of aromatic nitrogens is 1. The number of benzene rings is 1. The van der Waals surface area contributed by atoms with Crippen molar-refractivity contribution in [2.75, 3.05) is 20.5 Å². The van der Waals surface area contributed by atoms with Crippen LogP contribution >= 0.6 is 0 Å². The minimum atomic E-state index is -1.50. The summed E-state index contributed by atoms with van der Waals surface area (Å²) >= 11 is 0. The van der Waals surface area contributed by atoms with E-state index in [4.69, 9.17) is 28.8 Å². The number of carbonyl (C=O) groups excluding carboxylic acids is 4. The van der Waals surface area contributed by atoms with Gasteiger partial charge in [0.2, 0.25) is 6.79 Å². The summed E-state index contributed by atoms with van der Waals surface area (Å²) < 4.78 is 27.0. The zero-order valence-corrected chi connectivity index (χ0v) is 29.5. The van der Waals surface area contributed by atoms with Crippen molar-refractivity contribution in [2.45, 2.75) is 67.0 Å². The number of nitrogens with zero attached hydrogens (tertiary/aromatic N) is 1. The van der Waals surface area contributed by atoms with Gasteiger partial charge >= 0.3 is 29.8 Å². The molecule has 15 heteroatoms. The zero-order valence-electron chi connectivity index (χ0n) is 29.5. The van der Waals surface area contributed by atoms with Gasteiger partial charge in [-0.05, 0) is 32.8 Å². The summed E-state index contributed by atoms with van der Waals surface area (Å²) in [5, 5.41) is 20.5. The average molecular weight is 703 g/mol. The van der Waals surface area contributed by atoms with Crippen molar-refractivity contribution in [1.82, 2.24) is 10.3 Å². The third-order valence-electron chi connectivity index (χ3n) is 7.88. The molecule has 0 aliphatic carbocycles. The summed E-state index contributed by atoms with van der Waals surface area (Å²) in [6, 6.07) is 8.95. The lowest BCUT2D eigenvalue weighted by Crippen LogP contribution is -2.48. The fraction of sp³-hybridized carbons (Fsp3) is 0.514.